The minimum Gasteiger partial charge on any atom is -0.382 e. The van der Waals surface area contributed by atoms with E-state index >= 15 is 0 Å². The number of rotatable bonds is 9. The predicted octanol–water partition coefficient (Wildman–Crippen LogP) is -0.0887. The number of carbonyl (C=O) groups excluding carboxylic acids is 1. The van der Waals surface area contributed by atoms with Crippen molar-refractivity contribution in [2.75, 3.05) is 115 Å². The second-order valence-corrected chi connectivity index (χ2v) is 17.0. The number of amides is 1. The molecule has 0 aromatic heterocycles. The Bertz CT molecular complexity index is 1570. The molecule has 3 rings (SSSR count). The van der Waals surface area contributed by atoms with Crippen molar-refractivity contribution >= 4 is 180 Å². The standard InChI is InChI=1S/C18H32N10O2S6.C12H23N7S4.CH3N/c1-19-13(31)4-14(32)24-7-23(3)8-25(9-24)16(34)21-5-30-6-22-17(35)27-10-26(15(33)20-2)11-28(12-27)18(29)36;1-4-14-11(22)18-6-17(10(21)13-3)7-19(8-18)12(23)16-5-15-9(2)20;1-2/h4-12H2,1-3H3,(H,19,31)(H,20,33)(H,21,34)(H,22,35)(H,29,36);4-8H2,1-3H3,(H,13,21)(H,14,22)(H,15,20)(H,16,23);2H,1H2. The van der Waals surface area contributed by atoms with E-state index in [2.05, 4.69) is 71.7 Å². The van der Waals surface area contributed by atoms with Crippen molar-refractivity contribution in [1.82, 2.24) is 86.6 Å². The molecule has 0 spiro atoms. The molecule has 3 fully saturated rings. The molecule has 61 heavy (non-hydrogen) atoms. The van der Waals surface area contributed by atoms with Gasteiger partial charge in [-0.1, -0.05) is 49.3 Å². The molecule has 20 nitrogen and oxygen atoms in total. The molecule has 3 aliphatic rings. The van der Waals surface area contributed by atoms with Crippen molar-refractivity contribution in [3.8, 4) is 0 Å². The van der Waals surface area contributed by atoms with E-state index in [4.69, 9.17) is 120 Å². The Morgan fingerprint density at radius 1 is 0.574 bits per heavy atom. The lowest BCUT2D eigenvalue weighted by Crippen LogP contribution is -2.63. The van der Waals surface area contributed by atoms with E-state index in [9.17, 15) is 4.79 Å². The number of nitrogens with zero attached hydrogens (tertiary/aromatic N) is 9. The highest BCUT2D eigenvalue weighted by Gasteiger charge is 2.29. The number of hydrogen-bond donors (Lipinski definition) is 10. The monoisotopic (exact) mass is 1030 g/mol. The van der Waals surface area contributed by atoms with Crippen LogP contribution in [-0.4, -0.2) is 217 Å². The van der Waals surface area contributed by atoms with Crippen LogP contribution in [0.4, 0.5) is 4.79 Å². The first-order valence-electron chi connectivity index (χ1n) is 18.3. The average molecular weight is 1040 g/mol. The SMILES string of the molecule is C=N.CCNC(=S)N1CN(C(=S)NC)CN(C(=S)NCNC(C)=S)C1.CNC(=S)CC(=S)N1CN(C)CN(C(=S)NCOCNC(=S)N2CN(C(=O)S)CN(C(=S)NC)C2)C1. The second-order valence-electron chi connectivity index (χ2n) is 12.8. The molecule has 1 amide bonds. The smallest absolute Gasteiger partial charge is 0.281 e. The van der Waals surface area contributed by atoms with E-state index in [1.807, 2.05) is 40.5 Å². The number of thiol groups is 1. The Morgan fingerprint density at radius 3 is 1.36 bits per heavy atom. The fourth-order valence-corrected chi connectivity index (χ4v) is 6.96. The number of hydrogen-bond acceptors (Lipinski definition) is 13. The summed E-state index contributed by atoms with van der Waals surface area (Å²) >= 11 is 52.2. The van der Waals surface area contributed by atoms with Crippen molar-refractivity contribution < 1.29 is 9.53 Å². The van der Waals surface area contributed by atoms with Gasteiger partial charge in [-0.15, -0.1) is 0 Å². The number of ether oxygens (including phenoxy) is 1. The van der Waals surface area contributed by atoms with Crippen LogP contribution in [0, 0.1) is 5.41 Å². The normalized spacial score (nSPS) is 15.1. The molecule has 3 heterocycles. The largest absolute Gasteiger partial charge is 0.382 e. The van der Waals surface area contributed by atoms with Crippen LogP contribution in [0.3, 0.4) is 0 Å². The van der Waals surface area contributed by atoms with Crippen LogP contribution in [-0.2, 0) is 4.74 Å². The zero-order chi connectivity index (χ0) is 46.2. The molecule has 0 aromatic carbocycles. The topological polar surface area (TPSA) is 176 Å². The third-order valence-electron chi connectivity index (χ3n) is 8.13. The Hall–Kier alpha value is -2.78. The molecule has 0 radical (unpaired) electrons. The van der Waals surface area contributed by atoms with Crippen LogP contribution in [0.5, 0.6) is 0 Å². The third-order valence-corrected chi connectivity index (χ3v) is 11.8. The van der Waals surface area contributed by atoms with Gasteiger partial charge in [0.25, 0.3) is 5.24 Å². The Kier molecular flexibility index (Phi) is 28.0. The van der Waals surface area contributed by atoms with Gasteiger partial charge in [-0.3, -0.25) is 14.6 Å². The summed E-state index contributed by atoms with van der Waals surface area (Å²) in [5.41, 5.74) is 0. The summed E-state index contributed by atoms with van der Waals surface area (Å²) in [5.74, 6) is 0. The summed E-state index contributed by atoms with van der Waals surface area (Å²) in [5, 5.41) is 32.8. The highest BCUT2D eigenvalue weighted by Crippen LogP contribution is 2.12. The maximum atomic E-state index is 11.8. The van der Waals surface area contributed by atoms with E-state index in [1.54, 1.807) is 30.9 Å². The van der Waals surface area contributed by atoms with Crippen molar-refractivity contribution in [2.45, 2.75) is 20.3 Å². The van der Waals surface area contributed by atoms with Gasteiger partial charge < -0.3 is 87.0 Å². The maximum Gasteiger partial charge on any atom is 0.281 e. The van der Waals surface area contributed by atoms with E-state index < -0.39 is 0 Å². The van der Waals surface area contributed by atoms with Crippen LogP contribution in [0.25, 0.3) is 0 Å². The molecule has 0 aliphatic carbocycles. The van der Waals surface area contributed by atoms with Gasteiger partial charge in [-0.25, -0.2) is 0 Å². The van der Waals surface area contributed by atoms with Crippen molar-refractivity contribution in [1.29, 1.82) is 5.41 Å². The second kappa shape index (κ2) is 30.3. The van der Waals surface area contributed by atoms with Gasteiger partial charge in [0.1, 0.15) is 13.5 Å². The third kappa shape index (κ3) is 20.5. The predicted molar refractivity (Wildman–Crippen MR) is 283 cm³/mol. The minimum absolute atomic E-state index is 0.147. The van der Waals surface area contributed by atoms with Crippen molar-refractivity contribution in [3.05, 3.63) is 0 Å². The van der Waals surface area contributed by atoms with Crippen LogP contribution < -0.4 is 42.5 Å². The van der Waals surface area contributed by atoms with Gasteiger partial charge in [-0.2, -0.15) is 0 Å². The van der Waals surface area contributed by atoms with E-state index in [0.717, 1.165) is 11.5 Å². The molecule has 30 heteroatoms. The Labute approximate surface area is 413 Å². The summed E-state index contributed by atoms with van der Waals surface area (Å²) in [7, 11) is 7.31. The number of thiocarbonyl (C=S) groups is 9. The summed E-state index contributed by atoms with van der Waals surface area (Å²) < 4.78 is 5.62. The van der Waals surface area contributed by atoms with Crippen molar-refractivity contribution in [2.24, 2.45) is 0 Å². The van der Waals surface area contributed by atoms with Gasteiger partial charge in [0.15, 0.2) is 30.7 Å². The molecule has 3 saturated heterocycles. The Balaban J connectivity index is 0.000000641. The van der Waals surface area contributed by atoms with E-state index in [0.29, 0.717) is 114 Å². The fourth-order valence-electron chi connectivity index (χ4n) is 5.25. The van der Waals surface area contributed by atoms with Crippen LogP contribution >= 0.6 is 123 Å². The van der Waals surface area contributed by atoms with Gasteiger partial charge in [0.05, 0.1) is 81.7 Å². The maximum absolute atomic E-state index is 11.8. The van der Waals surface area contributed by atoms with E-state index in [1.165, 1.54) is 4.90 Å². The molecule has 0 atom stereocenters. The lowest BCUT2D eigenvalue weighted by atomic mass is 10.3. The highest BCUT2D eigenvalue weighted by molar-refractivity contribution is 7.96. The lowest BCUT2D eigenvalue weighted by molar-refractivity contribution is 0.0629. The Morgan fingerprint density at radius 2 is 0.951 bits per heavy atom. The summed E-state index contributed by atoms with van der Waals surface area (Å²) in [4.78, 5) is 31.2. The zero-order valence-corrected chi connectivity index (χ0v) is 43.3. The molecule has 9 N–H and O–H groups in total. The molecular weight excluding hydrogens is 977 g/mol. The summed E-state index contributed by atoms with van der Waals surface area (Å²) in [6.45, 7) is 12.7. The van der Waals surface area contributed by atoms with Crippen LogP contribution in [0.1, 0.15) is 20.3 Å². The number of nitrogens with one attached hydrogen (secondary N) is 9. The molecule has 0 bridgehead atoms. The van der Waals surface area contributed by atoms with Crippen LogP contribution in [0.2, 0.25) is 0 Å². The lowest BCUT2D eigenvalue weighted by Gasteiger charge is -2.44. The molecule has 0 saturated carbocycles. The first-order chi connectivity index (χ1) is 28.9. The number of carbonyl (C=O) groups is 1. The zero-order valence-electron chi connectivity index (χ0n) is 35.1. The van der Waals surface area contributed by atoms with E-state index in [-0.39, 0.29) is 18.7 Å². The quantitative estimate of drug-likeness (QED) is 0.0488. The molecule has 0 aromatic rings. The highest BCUT2D eigenvalue weighted by atomic mass is 32.1. The molecule has 0 unspecified atom stereocenters. The summed E-state index contributed by atoms with van der Waals surface area (Å²) in [6, 6.07) is 0. The van der Waals surface area contributed by atoms with Crippen LogP contribution in [0.15, 0.2) is 0 Å². The molecule has 3 aliphatic heterocycles. The van der Waals surface area contributed by atoms with Gasteiger partial charge in [0.2, 0.25) is 0 Å². The van der Waals surface area contributed by atoms with Crippen molar-refractivity contribution in [3.63, 3.8) is 0 Å². The molecule has 344 valence electrons. The first kappa shape index (κ1) is 56.2. The summed E-state index contributed by atoms with van der Waals surface area (Å²) in [6.07, 6.45) is 0.521. The fraction of sp³-hybridized carbons (Fsp3) is 0.645. The molecular formula is C31H58N18O2S10. The minimum atomic E-state index is -0.368. The van der Waals surface area contributed by atoms with Gasteiger partial charge in [0, 0.05) is 34.1 Å². The van der Waals surface area contributed by atoms with Gasteiger partial charge >= 0.3 is 0 Å². The van der Waals surface area contributed by atoms with Gasteiger partial charge in [-0.05, 0) is 101 Å². The first-order valence-corrected chi connectivity index (χ1v) is 22.4. The average Bonchev–Trinajstić information content (AvgIpc) is 3.25.